The van der Waals surface area contributed by atoms with E-state index in [1.54, 1.807) is 17.0 Å². The fraction of sp³-hybridized carbons (Fsp3) is 0.263. The monoisotopic (exact) mass is 360 g/mol. The molecule has 5 nitrogen and oxygen atoms in total. The normalized spacial score (nSPS) is 16.6. The van der Waals surface area contributed by atoms with Gasteiger partial charge in [0.1, 0.15) is 6.61 Å². The Kier molecular flexibility index (Phi) is 6.98. The lowest BCUT2D eigenvalue weighted by molar-refractivity contribution is 0.0753. The predicted molar refractivity (Wildman–Crippen MR) is 98.0 cm³/mol. The predicted octanol–water partition coefficient (Wildman–Crippen LogP) is 2.90. The van der Waals surface area contributed by atoms with Crippen LogP contribution in [0.15, 0.2) is 60.7 Å². The van der Waals surface area contributed by atoms with E-state index in [-0.39, 0.29) is 30.9 Å². The van der Waals surface area contributed by atoms with Crippen LogP contribution >= 0.6 is 12.4 Å². The molecule has 3 rings (SSSR count). The van der Waals surface area contributed by atoms with E-state index < -0.39 is 6.04 Å². The topological polar surface area (TPSA) is 58.6 Å². The molecular formula is C19H21ClN2O3. The van der Waals surface area contributed by atoms with Crippen molar-refractivity contribution in [3.8, 4) is 0 Å². The highest BCUT2D eigenvalue weighted by Crippen LogP contribution is 2.10. The van der Waals surface area contributed by atoms with E-state index in [0.717, 1.165) is 5.56 Å². The average Bonchev–Trinajstić information content (AvgIpc) is 2.67. The summed E-state index contributed by atoms with van der Waals surface area (Å²) in [5, 5.41) is 3.18. The molecule has 6 heteroatoms. The largest absolute Gasteiger partial charge is 0.445 e. The van der Waals surface area contributed by atoms with E-state index in [1.165, 1.54) is 0 Å². The second-order valence-corrected chi connectivity index (χ2v) is 5.72. The zero-order chi connectivity index (χ0) is 16.8. The van der Waals surface area contributed by atoms with Gasteiger partial charge in [-0.2, -0.15) is 0 Å². The van der Waals surface area contributed by atoms with Gasteiger partial charge in [-0.25, -0.2) is 4.79 Å². The summed E-state index contributed by atoms with van der Waals surface area (Å²) >= 11 is 0. The van der Waals surface area contributed by atoms with Crippen molar-refractivity contribution >= 4 is 24.3 Å². The third kappa shape index (κ3) is 5.05. The molecule has 1 aliphatic rings. The SMILES string of the molecule is Cl.O=C(c1ccccc1)C1CN(C(=O)OCc2ccccc2)CCN1. The first-order valence-electron chi connectivity index (χ1n) is 8.02. The van der Waals surface area contributed by atoms with Crippen LogP contribution in [0.2, 0.25) is 0 Å². The quantitative estimate of drug-likeness (QED) is 0.852. The highest BCUT2D eigenvalue weighted by atomic mass is 35.5. The summed E-state index contributed by atoms with van der Waals surface area (Å²) in [6, 6.07) is 18.3. The summed E-state index contributed by atoms with van der Waals surface area (Å²) in [5.74, 6) is -0.00356. The Morgan fingerprint density at radius 2 is 1.68 bits per heavy atom. The van der Waals surface area contributed by atoms with E-state index >= 15 is 0 Å². The molecule has 1 heterocycles. The molecule has 25 heavy (non-hydrogen) atoms. The summed E-state index contributed by atoms with van der Waals surface area (Å²) in [5.41, 5.74) is 1.59. The van der Waals surface area contributed by atoms with Gasteiger partial charge in [0.15, 0.2) is 5.78 Å². The molecule has 0 radical (unpaired) electrons. The Bertz CT molecular complexity index is 694. The van der Waals surface area contributed by atoms with Crippen molar-refractivity contribution < 1.29 is 14.3 Å². The number of hydrogen-bond donors (Lipinski definition) is 1. The molecule has 1 fully saturated rings. The molecule has 132 valence electrons. The molecule has 0 saturated carbocycles. The lowest BCUT2D eigenvalue weighted by Crippen LogP contribution is -2.55. The van der Waals surface area contributed by atoms with Crippen LogP contribution in [-0.2, 0) is 11.3 Å². The van der Waals surface area contributed by atoms with Crippen LogP contribution in [-0.4, -0.2) is 42.5 Å². The second kappa shape index (κ2) is 9.20. The summed E-state index contributed by atoms with van der Waals surface area (Å²) in [4.78, 5) is 26.3. The van der Waals surface area contributed by atoms with Crippen molar-refractivity contribution in [3.05, 3.63) is 71.8 Å². The number of rotatable bonds is 4. The molecule has 1 amide bonds. The maximum atomic E-state index is 12.5. The van der Waals surface area contributed by atoms with E-state index in [1.807, 2.05) is 48.5 Å². The number of hydrogen-bond acceptors (Lipinski definition) is 4. The van der Waals surface area contributed by atoms with Crippen LogP contribution in [0.1, 0.15) is 15.9 Å². The number of piperazine rings is 1. The molecule has 0 spiro atoms. The highest BCUT2D eigenvalue weighted by Gasteiger charge is 2.29. The fourth-order valence-electron chi connectivity index (χ4n) is 2.71. The molecule has 2 aromatic rings. The Morgan fingerprint density at radius 1 is 1.04 bits per heavy atom. The summed E-state index contributed by atoms with van der Waals surface area (Å²) in [7, 11) is 0. The number of halogens is 1. The van der Waals surface area contributed by atoms with Gasteiger partial charge in [-0.3, -0.25) is 4.79 Å². The molecule has 0 bridgehead atoms. The molecule has 0 aromatic heterocycles. The minimum atomic E-state index is -0.398. The molecule has 1 aliphatic heterocycles. The fourth-order valence-corrected chi connectivity index (χ4v) is 2.71. The van der Waals surface area contributed by atoms with Crippen LogP contribution in [0.3, 0.4) is 0 Å². The van der Waals surface area contributed by atoms with Gasteiger partial charge in [-0.05, 0) is 5.56 Å². The molecule has 1 saturated heterocycles. The second-order valence-electron chi connectivity index (χ2n) is 5.72. The molecule has 1 atom stereocenters. The lowest BCUT2D eigenvalue weighted by atomic mass is 10.0. The van der Waals surface area contributed by atoms with Crippen molar-refractivity contribution in [2.24, 2.45) is 0 Å². The van der Waals surface area contributed by atoms with Crippen molar-refractivity contribution in [1.82, 2.24) is 10.2 Å². The van der Waals surface area contributed by atoms with Crippen LogP contribution in [0.25, 0.3) is 0 Å². The van der Waals surface area contributed by atoms with E-state index in [0.29, 0.717) is 25.2 Å². The van der Waals surface area contributed by atoms with Gasteiger partial charge >= 0.3 is 6.09 Å². The number of carbonyl (C=O) groups excluding carboxylic acids is 2. The van der Waals surface area contributed by atoms with Crippen molar-refractivity contribution in [2.45, 2.75) is 12.6 Å². The van der Waals surface area contributed by atoms with Crippen LogP contribution in [0.4, 0.5) is 4.79 Å². The van der Waals surface area contributed by atoms with E-state index in [2.05, 4.69) is 5.32 Å². The van der Waals surface area contributed by atoms with Crippen molar-refractivity contribution in [1.29, 1.82) is 0 Å². The first-order valence-corrected chi connectivity index (χ1v) is 8.02. The standard InChI is InChI=1S/C19H20N2O3.ClH/c22-18(16-9-5-2-6-10-16)17-13-21(12-11-20-17)19(23)24-14-15-7-3-1-4-8-15;/h1-10,17,20H,11-14H2;1H. The van der Waals surface area contributed by atoms with Crippen LogP contribution in [0, 0.1) is 0 Å². The Balaban J connectivity index is 0.00000225. The number of amides is 1. The summed E-state index contributed by atoms with van der Waals surface area (Å²) in [6.45, 7) is 1.66. The third-order valence-corrected chi connectivity index (χ3v) is 4.01. The van der Waals surface area contributed by atoms with Gasteiger partial charge in [0.25, 0.3) is 0 Å². The zero-order valence-electron chi connectivity index (χ0n) is 13.8. The van der Waals surface area contributed by atoms with Crippen molar-refractivity contribution in [2.75, 3.05) is 19.6 Å². The van der Waals surface area contributed by atoms with Gasteiger partial charge in [-0.1, -0.05) is 60.7 Å². The smallest absolute Gasteiger partial charge is 0.410 e. The molecule has 1 N–H and O–H groups in total. The molecule has 2 aromatic carbocycles. The first-order chi connectivity index (χ1) is 11.7. The summed E-state index contributed by atoms with van der Waals surface area (Å²) < 4.78 is 5.35. The van der Waals surface area contributed by atoms with Gasteiger partial charge in [0.2, 0.25) is 0 Å². The lowest BCUT2D eigenvalue weighted by Gasteiger charge is -2.32. The maximum Gasteiger partial charge on any atom is 0.410 e. The minimum Gasteiger partial charge on any atom is -0.445 e. The van der Waals surface area contributed by atoms with E-state index in [9.17, 15) is 9.59 Å². The molecule has 1 unspecified atom stereocenters. The number of nitrogens with zero attached hydrogens (tertiary/aromatic N) is 1. The Hall–Kier alpha value is -2.37. The van der Waals surface area contributed by atoms with Gasteiger partial charge in [-0.15, -0.1) is 12.4 Å². The number of benzene rings is 2. The van der Waals surface area contributed by atoms with Crippen LogP contribution in [0.5, 0.6) is 0 Å². The summed E-state index contributed by atoms with van der Waals surface area (Å²) in [6.07, 6.45) is -0.383. The minimum absolute atomic E-state index is 0. The average molecular weight is 361 g/mol. The Labute approximate surface area is 153 Å². The third-order valence-electron chi connectivity index (χ3n) is 4.01. The number of nitrogens with one attached hydrogen (secondary N) is 1. The van der Waals surface area contributed by atoms with E-state index in [4.69, 9.17) is 4.74 Å². The van der Waals surface area contributed by atoms with Crippen molar-refractivity contribution in [3.63, 3.8) is 0 Å². The van der Waals surface area contributed by atoms with Gasteiger partial charge in [0.05, 0.1) is 6.04 Å². The maximum absolute atomic E-state index is 12.5. The zero-order valence-corrected chi connectivity index (χ0v) is 14.6. The van der Waals surface area contributed by atoms with Gasteiger partial charge in [0, 0.05) is 25.2 Å². The van der Waals surface area contributed by atoms with Gasteiger partial charge < -0.3 is 15.0 Å². The highest BCUT2D eigenvalue weighted by molar-refractivity contribution is 6.00. The number of ether oxygens (including phenoxy) is 1. The number of carbonyl (C=O) groups is 2. The molecule has 0 aliphatic carbocycles. The Morgan fingerprint density at radius 3 is 2.36 bits per heavy atom. The first kappa shape index (κ1) is 19.0. The number of ketones is 1. The molecular weight excluding hydrogens is 340 g/mol. The number of Topliss-reactive ketones (excluding diaryl/α,β-unsaturated/α-hetero) is 1. The van der Waals surface area contributed by atoms with Crippen LogP contribution < -0.4 is 5.32 Å².